The Morgan fingerprint density at radius 1 is 1.77 bits per heavy atom. The number of Topliss-reactive ketones (excluding diaryl/α,β-unsaturated/α-hetero) is 1. The van der Waals surface area contributed by atoms with Crippen molar-refractivity contribution in [3.8, 4) is 12.3 Å². The highest BCUT2D eigenvalue weighted by molar-refractivity contribution is 7.07. The number of hydrogen-bond acceptors (Lipinski definition) is 3. The van der Waals surface area contributed by atoms with Crippen LogP contribution < -0.4 is 5.73 Å². The van der Waals surface area contributed by atoms with Crippen LogP contribution in [0.4, 0.5) is 0 Å². The van der Waals surface area contributed by atoms with Crippen molar-refractivity contribution < 1.29 is 4.79 Å². The number of carbonyl (C=O) groups excluding carboxylic acids is 1. The molecule has 3 heteroatoms. The molecule has 0 radical (unpaired) electrons. The predicted molar refractivity (Wildman–Crippen MR) is 54.5 cm³/mol. The van der Waals surface area contributed by atoms with Gasteiger partial charge in [-0.15, -0.1) is 12.3 Å². The van der Waals surface area contributed by atoms with Crippen LogP contribution in [0.5, 0.6) is 0 Å². The third-order valence-electron chi connectivity index (χ3n) is 1.71. The Morgan fingerprint density at radius 3 is 3.08 bits per heavy atom. The molecule has 1 atom stereocenters. The number of carbonyl (C=O) groups is 1. The van der Waals surface area contributed by atoms with Gasteiger partial charge in [-0.05, 0) is 22.4 Å². The van der Waals surface area contributed by atoms with Crippen molar-refractivity contribution in [2.45, 2.75) is 18.9 Å². The molecule has 0 spiro atoms. The lowest BCUT2D eigenvalue weighted by Gasteiger charge is -2.04. The zero-order valence-electron chi connectivity index (χ0n) is 7.19. The van der Waals surface area contributed by atoms with Crippen LogP contribution in [0, 0.1) is 12.3 Å². The van der Waals surface area contributed by atoms with Crippen molar-refractivity contribution in [1.82, 2.24) is 0 Å². The molecule has 0 saturated carbocycles. The fourth-order valence-corrected chi connectivity index (χ4v) is 1.63. The number of ketones is 1. The van der Waals surface area contributed by atoms with Crippen LogP contribution in [0.3, 0.4) is 0 Å². The molecule has 0 aliphatic rings. The van der Waals surface area contributed by atoms with Gasteiger partial charge in [0.25, 0.3) is 0 Å². The largest absolute Gasteiger partial charge is 0.321 e. The second-order valence-corrected chi connectivity index (χ2v) is 3.57. The fraction of sp³-hybridized carbons (Fsp3) is 0.300. The van der Waals surface area contributed by atoms with E-state index in [4.69, 9.17) is 12.2 Å². The number of terminal acetylenes is 1. The average Bonchev–Trinajstić information content (AvgIpc) is 2.57. The Kier molecular flexibility index (Phi) is 3.69. The van der Waals surface area contributed by atoms with Gasteiger partial charge in [-0.1, -0.05) is 0 Å². The first-order valence-corrected chi connectivity index (χ1v) is 4.91. The van der Waals surface area contributed by atoms with Crippen LogP contribution in [-0.2, 0) is 11.2 Å². The van der Waals surface area contributed by atoms with Gasteiger partial charge in [0.15, 0.2) is 5.78 Å². The van der Waals surface area contributed by atoms with Crippen LogP contribution in [0.25, 0.3) is 0 Å². The third kappa shape index (κ3) is 3.02. The monoisotopic (exact) mass is 193 g/mol. The standard InChI is InChI=1S/C10H11NOS/c1-2-3-9(11)10(12)6-8-4-5-13-7-8/h1,4-5,7,9H,3,6,11H2. The Bertz CT molecular complexity index is 310. The zero-order valence-corrected chi connectivity index (χ0v) is 8.01. The SMILES string of the molecule is C#CCC(N)C(=O)Cc1ccsc1. The van der Waals surface area contributed by atoms with E-state index in [2.05, 4.69) is 5.92 Å². The molecule has 2 nitrogen and oxygen atoms in total. The highest BCUT2D eigenvalue weighted by Gasteiger charge is 2.12. The van der Waals surface area contributed by atoms with Crippen molar-refractivity contribution in [3.63, 3.8) is 0 Å². The topological polar surface area (TPSA) is 43.1 Å². The predicted octanol–water partition coefficient (Wildman–Crippen LogP) is 1.21. The Morgan fingerprint density at radius 2 is 2.54 bits per heavy atom. The van der Waals surface area contributed by atoms with E-state index < -0.39 is 6.04 Å². The summed E-state index contributed by atoms with van der Waals surface area (Å²) in [6.45, 7) is 0. The number of thiophene rings is 1. The molecule has 1 heterocycles. The summed E-state index contributed by atoms with van der Waals surface area (Å²) in [4.78, 5) is 11.4. The maximum atomic E-state index is 11.4. The van der Waals surface area contributed by atoms with Crippen molar-refractivity contribution in [3.05, 3.63) is 22.4 Å². The van der Waals surface area contributed by atoms with Crippen molar-refractivity contribution in [2.24, 2.45) is 5.73 Å². The normalized spacial score (nSPS) is 12.0. The molecule has 1 aromatic heterocycles. The molecule has 2 N–H and O–H groups in total. The minimum absolute atomic E-state index is 0.0105. The smallest absolute Gasteiger partial charge is 0.154 e. The summed E-state index contributed by atoms with van der Waals surface area (Å²) in [6, 6.07) is 1.41. The van der Waals surface area contributed by atoms with Crippen LogP contribution in [0.2, 0.25) is 0 Å². The third-order valence-corrected chi connectivity index (χ3v) is 2.44. The summed E-state index contributed by atoms with van der Waals surface area (Å²) < 4.78 is 0. The highest BCUT2D eigenvalue weighted by atomic mass is 32.1. The van der Waals surface area contributed by atoms with Crippen molar-refractivity contribution >= 4 is 17.1 Å². The Hall–Kier alpha value is -1.11. The van der Waals surface area contributed by atoms with E-state index in [-0.39, 0.29) is 5.78 Å². The average molecular weight is 193 g/mol. The lowest BCUT2D eigenvalue weighted by atomic mass is 10.0. The second-order valence-electron chi connectivity index (χ2n) is 2.79. The van der Waals surface area contributed by atoms with Crippen molar-refractivity contribution in [2.75, 3.05) is 0 Å². The molecular weight excluding hydrogens is 182 g/mol. The van der Waals surface area contributed by atoms with Gasteiger partial charge in [0, 0.05) is 12.8 Å². The van der Waals surface area contributed by atoms with E-state index >= 15 is 0 Å². The lowest BCUT2D eigenvalue weighted by Crippen LogP contribution is -2.31. The molecule has 0 aromatic carbocycles. The summed E-state index contributed by atoms with van der Waals surface area (Å²) in [5, 5.41) is 3.88. The Labute approximate surface area is 81.8 Å². The number of rotatable bonds is 4. The van der Waals surface area contributed by atoms with E-state index in [9.17, 15) is 4.79 Å². The number of nitrogens with two attached hydrogens (primary N) is 1. The van der Waals surface area contributed by atoms with Gasteiger partial charge in [-0.2, -0.15) is 11.3 Å². The van der Waals surface area contributed by atoms with Crippen LogP contribution in [0.15, 0.2) is 16.8 Å². The quantitative estimate of drug-likeness (QED) is 0.730. The van der Waals surface area contributed by atoms with Gasteiger partial charge in [-0.25, -0.2) is 0 Å². The molecule has 0 aliphatic heterocycles. The molecule has 0 bridgehead atoms. The van der Waals surface area contributed by atoms with E-state index in [0.29, 0.717) is 12.8 Å². The molecular formula is C10H11NOS. The minimum Gasteiger partial charge on any atom is -0.321 e. The van der Waals surface area contributed by atoms with Gasteiger partial charge in [-0.3, -0.25) is 4.79 Å². The molecule has 0 fully saturated rings. The molecule has 0 saturated heterocycles. The first-order valence-electron chi connectivity index (χ1n) is 3.97. The zero-order chi connectivity index (χ0) is 9.68. The summed E-state index contributed by atoms with van der Waals surface area (Å²) >= 11 is 1.57. The molecule has 1 rings (SSSR count). The maximum Gasteiger partial charge on any atom is 0.154 e. The molecule has 0 aliphatic carbocycles. The van der Waals surface area contributed by atoms with Gasteiger partial charge in [0.2, 0.25) is 0 Å². The van der Waals surface area contributed by atoms with E-state index in [1.807, 2.05) is 16.8 Å². The molecule has 1 aromatic rings. The molecule has 13 heavy (non-hydrogen) atoms. The highest BCUT2D eigenvalue weighted by Crippen LogP contribution is 2.08. The lowest BCUT2D eigenvalue weighted by molar-refractivity contribution is -0.119. The van der Waals surface area contributed by atoms with E-state index in [0.717, 1.165) is 5.56 Å². The van der Waals surface area contributed by atoms with Crippen molar-refractivity contribution in [1.29, 1.82) is 0 Å². The summed E-state index contributed by atoms with van der Waals surface area (Å²) in [6.07, 6.45) is 5.78. The first kappa shape index (κ1) is 9.97. The fourth-order valence-electron chi connectivity index (χ4n) is 0.966. The van der Waals surface area contributed by atoms with Gasteiger partial charge >= 0.3 is 0 Å². The minimum atomic E-state index is -0.509. The molecule has 68 valence electrons. The number of hydrogen-bond donors (Lipinski definition) is 1. The molecule has 1 unspecified atom stereocenters. The van der Waals surface area contributed by atoms with Gasteiger partial charge in [0.1, 0.15) is 0 Å². The van der Waals surface area contributed by atoms with Crippen LogP contribution >= 0.6 is 11.3 Å². The molecule has 0 amide bonds. The summed E-state index contributed by atoms with van der Waals surface area (Å²) in [5.74, 6) is 2.40. The van der Waals surface area contributed by atoms with E-state index in [1.54, 1.807) is 11.3 Å². The Balaban J connectivity index is 2.47. The summed E-state index contributed by atoms with van der Waals surface area (Å²) in [5.41, 5.74) is 6.57. The van der Waals surface area contributed by atoms with Gasteiger partial charge < -0.3 is 5.73 Å². The van der Waals surface area contributed by atoms with Gasteiger partial charge in [0.05, 0.1) is 6.04 Å². The maximum absolute atomic E-state index is 11.4. The second kappa shape index (κ2) is 4.80. The summed E-state index contributed by atoms with van der Waals surface area (Å²) in [7, 11) is 0. The first-order chi connectivity index (χ1) is 6.24. The van der Waals surface area contributed by atoms with Crippen LogP contribution in [-0.4, -0.2) is 11.8 Å². The van der Waals surface area contributed by atoms with E-state index in [1.165, 1.54) is 0 Å². The van der Waals surface area contributed by atoms with Crippen LogP contribution in [0.1, 0.15) is 12.0 Å².